The minimum atomic E-state index is -3.72. The number of nitrogens with one attached hydrogen (secondary N) is 3. The molecule has 7 nitrogen and oxygen atoms in total. The predicted octanol–water partition coefficient (Wildman–Crippen LogP) is 0.810. The van der Waals surface area contributed by atoms with E-state index in [0.717, 1.165) is 12.8 Å². The Kier molecular flexibility index (Phi) is 3.12. The molecule has 1 aliphatic rings. The molecular formula is C12H12BrN3O4S. The number of H-pyrrole nitrogens is 2. The predicted molar refractivity (Wildman–Crippen MR) is 80.8 cm³/mol. The minimum Gasteiger partial charge on any atom is -0.306 e. The van der Waals surface area contributed by atoms with Crippen LogP contribution in [0.5, 0.6) is 0 Å². The van der Waals surface area contributed by atoms with Gasteiger partial charge in [0.2, 0.25) is 10.0 Å². The van der Waals surface area contributed by atoms with Crippen LogP contribution in [0.1, 0.15) is 19.8 Å². The van der Waals surface area contributed by atoms with Crippen molar-refractivity contribution in [2.45, 2.75) is 30.2 Å². The molecule has 3 rings (SSSR count). The highest BCUT2D eigenvalue weighted by atomic mass is 79.9. The molecule has 0 bridgehead atoms. The maximum Gasteiger partial charge on any atom is 0.326 e. The van der Waals surface area contributed by atoms with Gasteiger partial charge in [0.25, 0.3) is 5.56 Å². The van der Waals surface area contributed by atoms with E-state index in [1.807, 2.05) is 6.92 Å². The molecule has 1 saturated carbocycles. The van der Waals surface area contributed by atoms with Crippen molar-refractivity contribution in [2.24, 2.45) is 0 Å². The monoisotopic (exact) mass is 373 g/mol. The fourth-order valence-corrected chi connectivity index (χ4v) is 4.26. The molecule has 0 amide bonds. The zero-order valence-electron chi connectivity index (χ0n) is 11.0. The lowest BCUT2D eigenvalue weighted by atomic mass is 10.2. The number of aromatic nitrogens is 2. The van der Waals surface area contributed by atoms with Crippen LogP contribution in [0.4, 0.5) is 0 Å². The third kappa shape index (κ3) is 2.68. The van der Waals surface area contributed by atoms with Gasteiger partial charge in [0.15, 0.2) is 0 Å². The Hall–Kier alpha value is -1.45. The number of hydrogen-bond acceptors (Lipinski definition) is 4. The Morgan fingerprint density at radius 2 is 1.90 bits per heavy atom. The molecule has 112 valence electrons. The Bertz CT molecular complexity index is 957. The van der Waals surface area contributed by atoms with Crippen molar-refractivity contribution in [2.75, 3.05) is 0 Å². The van der Waals surface area contributed by atoms with Gasteiger partial charge in [0.1, 0.15) is 0 Å². The van der Waals surface area contributed by atoms with Crippen LogP contribution in [0.15, 0.2) is 31.1 Å². The second-order valence-corrected chi connectivity index (χ2v) is 7.94. The smallest absolute Gasteiger partial charge is 0.306 e. The highest BCUT2D eigenvalue weighted by Gasteiger charge is 2.41. The quantitative estimate of drug-likeness (QED) is 0.738. The van der Waals surface area contributed by atoms with E-state index in [1.54, 1.807) is 0 Å². The van der Waals surface area contributed by atoms with Crippen LogP contribution in [-0.4, -0.2) is 23.9 Å². The Morgan fingerprint density at radius 3 is 2.52 bits per heavy atom. The second kappa shape index (κ2) is 4.52. The molecule has 21 heavy (non-hydrogen) atoms. The fraction of sp³-hybridized carbons (Fsp3) is 0.333. The average molecular weight is 374 g/mol. The van der Waals surface area contributed by atoms with Crippen molar-refractivity contribution < 1.29 is 8.42 Å². The van der Waals surface area contributed by atoms with E-state index >= 15 is 0 Å². The highest BCUT2D eigenvalue weighted by molar-refractivity contribution is 9.10. The maximum absolute atomic E-state index is 12.3. The maximum atomic E-state index is 12.3. The molecule has 0 radical (unpaired) electrons. The summed E-state index contributed by atoms with van der Waals surface area (Å²) >= 11 is 3.19. The van der Waals surface area contributed by atoms with Gasteiger partial charge in [-0.2, -0.15) is 0 Å². The molecule has 0 saturated heterocycles. The van der Waals surface area contributed by atoms with Crippen molar-refractivity contribution in [1.29, 1.82) is 0 Å². The first-order valence-electron chi connectivity index (χ1n) is 6.20. The Morgan fingerprint density at radius 1 is 1.24 bits per heavy atom. The molecule has 3 N–H and O–H groups in total. The SMILES string of the molecule is CC1(NS(=O)(=O)c2cc(Br)c3[nH]c(=O)[nH]c(=O)c3c2)CC1. The van der Waals surface area contributed by atoms with E-state index in [2.05, 4.69) is 30.6 Å². The van der Waals surface area contributed by atoms with E-state index in [0.29, 0.717) is 4.47 Å². The van der Waals surface area contributed by atoms with Gasteiger partial charge in [-0.3, -0.25) is 9.78 Å². The van der Waals surface area contributed by atoms with Gasteiger partial charge in [-0.15, -0.1) is 0 Å². The van der Waals surface area contributed by atoms with Gasteiger partial charge in [-0.05, 0) is 47.8 Å². The molecule has 1 fully saturated rings. The number of fused-ring (bicyclic) bond motifs is 1. The zero-order chi connectivity index (χ0) is 15.4. The first kappa shape index (κ1) is 14.5. The van der Waals surface area contributed by atoms with Crippen molar-refractivity contribution in [3.63, 3.8) is 0 Å². The lowest BCUT2D eigenvalue weighted by molar-refractivity contribution is 0.558. The molecule has 0 aliphatic heterocycles. The summed E-state index contributed by atoms with van der Waals surface area (Å²) in [7, 11) is -3.72. The van der Waals surface area contributed by atoms with Crippen LogP contribution in [0.3, 0.4) is 0 Å². The van der Waals surface area contributed by atoms with Crippen molar-refractivity contribution in [3.8, 4) is 0 Å². The van der Waals surface area contributed by atoms with Crippen LogP contribution in [-0.2, 0) is 10.0 Å². The van der Waals surface area contributed by atoms with Crippen LogP contribution in [0, 0.1) is 0 Å². The van der Waals surface area contributed by atoms with E-state index in [4.69, 9.17) is 0 Å². The van der Waals surface area contributed by atoms with Crippen molar-refractivity contribution in [3.05, 3.63) is 37.4 Å². The number of halogens is 1. The van der Waals surface area contributed by atoms with Crippen LogP contribution in [0.25, 0.3) is 10.9 Å². The van der Waals surface area contributed by atoms with E-state index in [-0.39, 0.29) is 15.8 Å². The molecular weight excluding hydrogens is 362 g/mol. The van der Waals surface area contributed by atoms with Gasteiger partial charge in [-0.25, -0.2) is 17.9 Å². The standard InChI is InChI=1S/C12H12BrN3O4S/c1-12(2-3-12)16-21(19,20)6-4-7-9(8(13)5-6)14-11(18)15-10(7)17/h4-5,16H,2-3H2,1H3,(H2,14,15,17,18). The number of aromatic amines is 2. The van der Waals surface area contributed by atoms with E-state index < -0.39 is 26.8 Å². The average Bonchev–Trinajstić information content (AvgIpc) is 3.06. The van der Waals surface area contributed by atoms with Crippen LogP contribution in [0.2, 0.25) is 0 Å². The molecule has 0 atom stereocenters. The van der Waals surface area contributed by atoms with Crippen molar-refractivity contribution in [1.82, 2.24) is 14.7 Å². The topological polar surface area (TPSA) is 112 Å². The number of benzene rings is 1. The zero-order valence-corrected chi connectivity index (χ0v) is 13.4. The first-order valence-corrected chi connectivity index (χ1v) is 8.48. The summed E-state index contributed by atoms with van der Waals surface area (Å²) in [5, 5.41) is 0.102. The van der Waals surface area contributed by atoms with Gasteiger partial charge < -0.3 is 4.98 Å². The van der Waals surface area contributed by atoms with Gasteiger partial charge in [0.05, 0.1) is 15.8 Å². The van der Waals surface area contributed by atoms with Crippen molar-refractivity contribution >= 4 is 36.9 Å². The summed E-state index contributed by atoms with van der Waals surface area (Å²) in [4.78, 5) is 27.6. The van der Waals surface area contributed by atoms with E-state index in [1.165, 1.54) is 12.1 Å². The molecule has 1 aromatic heterocycles. The Balaban J connectivity index is 2.21. The lowest BCUT2D eigenvalue weighted by Crippen LogP contribution is -2.34. The van der Waals surface area contributed by atoms with Gasteiger partial charge >= 0.3 is 5.69 Å². The molecule has 9 heteroatoms. The fourth-order valence-electron chi connectivity index (χ4n) is 2.03. The minimum absolute atomic E-state index is 0.0208. The number of sulfonamides is 1. The lowest BCUT2D eigenvalue weighted by Gasteiger charge is -2.13. The molecule has 1 heterocycles. The molecule has 0 unspecified atom stereocenters. The summed E-state index contributed by atoms with van der Waals surface area (Å²) < 4.78 is 27.6. The molecule has 2 aromatic rings. The normalized spacial score (nSPS) is 17.0. The highest BCUT2D eigenvalue weighted by Crippen LogP contribution is 2.36. The molecule has 0 spiro atoms. The summed E-state index contributed by atoms with van der Waals surface area (Å²) in [5.74, 6) is 0. The van der Waals surface area contributed by atoms with Crippen LogP contribution >= 0.6 is 15.9 Å². The second-order valence-electron chi connectivity index (χ2n) is 5.40. The van der Waals surface area contributed by atoms with Gasteiger partial charge in [-0.1, -0.05) is 0 Å². The number of hydrogen-bond donors (Lipinski definition) is 3. The summed E-state index contributed by atoms with van der Waals surface area (Å²) in [6.45, 7) is 1.82. The number of rotatable bonds is 3. The molecule has 1 aromatic carbocycles. The van der Waals surface area contributed by atoms with Gasteiger partial charge in [0, 0.05) is 10.0 Å². The largest absolute Gasteiger partial charge is 0.326 e. The summed E-state index contributed by atoms with van der Waals surface area (Å²) in [5.41, 5.74) is -1.42. The first-order chi connectivity index (χ1) is 9.70. The van der Waals surface area contributed by atoms with Crippen LogP contribution < -0.4 is 16.0 Å². The summed E-state index contributed by atoms with van der Waals surface area (Å²) in [6, 6.07) is 2.62. The third-order valence-corrected chi connectivity index (χ3v) is 5.71. The Labute approximate surface area is 128 Å². The third-order valence-electron chi connectivity index (χ3n) is 3.47. The van der Waals surface area contributed by atoms with E-state index in [9.17, 15) is 18.0 Å². The summed E-state index contributed by atoms with van der Waals surface area (Å²) in [6.07, 6.45) is 1.57. The molecule has 1 aliphatic carbocycles.